The standard InChI is InChI=1S/C28H29NO5/c1-21(28(31)32-3)34-26-17-24(16-25(19-26)33-20-23-12-8-5-9-13-23)18-27(30)29(2)15-14-22-10-6-4-7-11-22/h4-13,16-17,19H,1,14-15,18,20H2,2-3H3. The van der Waals surface area contributed by atoms with E-state index in [1.165, 1.54) is 12.7 Å². The van der Waals surface area contributed by atoms with Crippen LogP contribution in [0.15, 0.2) is 91.2 Å². The lowest BCUT2D eigenvalue weighted by Crippen LogP contribution is -2.30. The summed E-state index contributed by atoms with van der Waals surface area (Å²) in [4.78, 5) is 26.3. The third kappa shape index (κ3) is 7.52. The minimum absolute atomic E-state index is 0.0334. The average molecular weight is 460 g/mol. The van der Waals surface area contributed by atoms with E-state index in [1.807, 2.05) is 60.7 Å². The number of rotatable bonds is 11. The van der Waals surface area contributed by atoms with E-state index in [9.17, 15) is 9.59 Å². The molecule has 0 aromatic heterocycles. The molecule has 6 heteroatoms. The largest absolute Gasteiger partial charge is 0.489 e. The van der Waals surface area contributed by atoms with Gasteiger partial charge in [0.1, 0.15) is 18.1 Å². The minimum atomic E-state index is -0.672. The Morgan fingerprint density at radius 3 is 2.12 bits per heavy atom. The molecule has 3 aromatic carbocycles. The van der Waals surface area contributed by atoms with Gasteiger partial charge < -0.3 is 19.1 Å². The van der Waals surface area contributed by atoms with Crippen molar-refractivity contribution >= 4 is 11.9 Å². The van der Waals surface area contributed by atoms with Gasteiger partial charge in [-0.1, -0.05) is 60.7 Å². The van der Waals surface area contributed by atoms with Crippen LogP contribution in [0.4, 0.5) is 0 Å². The number of hydrogen-bond acceptors (Lipinski definition) is 5. The predicted molar refractivity (Wildman–Crippen MR) is 130 cm³/mol. The molecule has 176 valence electrons. The van der Waals surface area contributed by atoms with Gasteiger partial charge in [0.25, 0.3) is 0 Å². The van der Waals surface area contributed by atoms with Gasteiger partial charge in [-0.25, -0.2) is 4.79 Å². The molecule has 6 nitrogen and oxygen atoms in total. The number of methoxy groups -OCH3 is 1. The molecule has 0 N–H and O–H groups in total. The van der Waals surface area contributed by atoms with Crippen molar-refractivity contribution in [1.82, 2.24) is 4.90 Å². The van der Waals surface area contributed by atoms with Crippen LogP contribution in [-0.4, -0.2) is 37.5 Å². The van der Waals surface area contributed by atoms with E-state index in [0.29, 0.717) is 30.2 Å². The Labute approximate surface area is 200 Å². The summed E-state index contributed by atoms with van der Waals surface area (Å²) in [5, 5.41) is 0. The van der Waals surface area contributed by atoms with Crippen molar-refractivity contribution < 1.29 is 23.8 Å². The van der Waals surface area contributed by atoms with Gasteiger partial charge in [-0.2, -0.15) is 0 Å². The number of carbonyl (C=O) groups excluding carboxylic acids is 2. The second kappa shape index (κ2) is 12.3. The Morgan fingerprint density at radius 1 is 0.853 bits per heavy atom. The fourth-order valence-electron chi connectivity index (χ4n) is 3.29. The molecule has 0 aliphatic rings. The molecule has 0 atom stereocenters. The molecule has 3 aromatic rings. The van der Waals surface area contributed by atoms with Gasteiger partial charge in [-0.3, -0.25) is 4.79 Å². The van der Waals surface area contributed by atoms with Gasteiger partial charge in [-0.15, -0.1) is 0 Å². The van der Waals surface area contributed by atoms with Crippen molar-refractivity contribution in [1.29, 1.82) is 0 Å². The number of carbonyl (C=O) groups is 2. The zero-order valence-electron chi connectivity index (χ0n) is 19.5. The maximum Gasteiger partial charge on any atom is 0.373 e. The Bertz CT molecular complexity index is 1110. The van der Waals surface area contributed by atoms with Crippen LogP contribution in [0.25, 0.3) is 0 Å². The second-order valence-corrected chi connectivity index (χ2v) is 7.83. The van der Waals surface area contributed by atoms with Crippen LogP contribution in [0.1, 0.15) is 16.7 Å². The van der Waals surface area contributed by atoms with Crippen molar-refractivity contribution in [3.63, 3.8) is 0 Å². The normalized spacial score (nSPS) is 10.3. The number of ether oxygens (including phenoxy) is 3. The summed E-state index contributed by atoms with van der Waals surface area (Å²) in [7, 11) is 3.04. The van der Waals surface area contributed by atoms with Crippen molar-refractivity contribution in [2.24, 2.45) is 0 Å². The van der Waals surface area contributed by atoms with Crippen LogP contribution in [0, 0.1) is 0 Å². The van der Waals surface area contributed by atoms with Crippen LogP contribution in [0.2, 0.25) is 0 Å². The lowest BCUT2D eigenvalue weighted by atomic mass is 10.1. The number of hydrogen-bond donors (Lipinski definition) is 0. The van der Waals surface area contributed by atoms with E-state index in [2.05, 4.69) is 11.3 Å². The number of likely N-dealkylation sites (N-methyl/N-ethyl adjacent to an activating group) is 1. The molecule has 0 fully saturated rings. The summed E-state index contributed by atoms with van der Waals surface area (Å²) in [6.07, 6.45) is 0.936. The van der Waals surface area contributed by atoms with Crippen molar-refractivity contribution in [2.45, 2.75) is 19.4 Å². The fraction of sp³-hybridized carbons (Fsp3) is 0.214. The molecule has 0 saturated carbocycles. The van der Waals surface area contributed by atoms with Crippen LogP contribution in [0.3, 0.4) is 0 Å². The Kier molecular flexibility index (Phi) is 8.86. The van der Waals surface area contributed by atoms with Crippen LogP contribution in [0.5, 0.6) is 11.5 Å². The fourth-order valence-corrected chi connectivity index (χ4v) is 3.29. The van der Waals surface area contributed by atoms with E-state index in [0.717, 1.165) is 12.0 Å². The number of amides is 1. The first-order chi connectivity index (χ1) is 16.4. The topological polar surface area (TPSA) is 65.1 Å². The molecule has 34 heavy (non-hydrogen) atoms. The number of esters is 1. The van der Waals surface area contributed by atoms with E-state index in [1.54, 1.807) is 30.1 Å². The molecule has 0 unspecified atom stereocenters. The maximum absolute atomic E-state index is 12.9. The van der Waals surface area contributed by atoms with Gasteiger partial charge in [0, 0.05) is 19.7 Å². The maximum atomic E-state index is 12.9. The highest BCUT2D eigenvalue weighted by molar-refractivity contribution is 5.86. The van der Waals surface area contributed by atoms with Crippen molar-refractivity contribution in [3.8, 4) is 11.5 Å². The molecular formula is C28H29NO5. The molecule has 0 saturated heterocycles. The second-order valence-electron chi connectivity index (χ2n) is 7.83. The molecule has 3 rings (SSSR count). The SMILES string of the molecule is C=C(Oc1cc(CC(=O)N(C)CCc2ccccc2)cc(OCc2ccccc2)c1)C(=O)OC. The smallest absolute Gasteiger partial charge is 0.373 e. The average Bonchev–Trinajstić information content (AvgIpc) is 2.86. The Balaban J connectivity index is 1.71. The zero-order valence-corrected chi connectivity index (χ0v) is 19.5. The van der Waals surface area contributed by atoms with E-state index in [-0.39, 0.29) is 18.1 Å². The molecule has 1 amide bonds. The lowest BCUT2D eigenvalue weighted by Gasteiger charge is -2.18. The zero-order chi connectivity index (χ0) is 24.3. The summed E-state index contributed by atoms with van der Waals surface area (Å²) >= 11 is 0. The summed E-state index contributed by atoms with van der Waals surface area (Å²) in [6.45, 7) is 4.56. The molecular weight excluding hydrogens is 430 g/mol. The first-order valence-corrected chi connectivity index (χ1v) is 11.0. The van der Waals surface area contributed by atoms with Gasteiger partial charge in [0.05, 0.1) is 13.5 Å². The van der Waals surface area contributed by atoms with Crippen LogP contribution >= 0.6 is 0 Å². The Morgan fingerprint density at radius 2 is 1.47 bits per heavy atom. The molecule has 0 radical (unpaired) electrons. The number of nitrogens with zero attached hydrogens (tertiary/aromatic N) is 1. The predicted octanol–water partition coefficient (Wildman–Crippen LogP) is 4.57. The summed E-state index contributed by atoms with van der Waals surface area (Å²) in [6, 6.07) is 24.9. The quantitative estimate of drug-likeness (QED) is 0.239. The molecule has 0 bridgehead atoms. The van der Waals surface area contributed by atoms with Gasteiger partial charge in [0.15, 0.2) is 0 Å². The monoisotopic (exact) mass is 459 g/mol. The highest BCUT2D eigenvalue weighted by Gasteiger charge is 2.15. The first-order valence-electron chi connectivity index (χ1n) is 11.0. The van der Waals surface area contributed by atoms with E-state index in [4.69, 9.17) is 9.47 Å². The summed E-state index contributed by atoms with van der Waals surface area (Å²) in [5.74, 6) is 0.00665. The summed E-state index contributed by atoms with van der Waals surface area (Å²) in [5.41, 5.74) is 2.89. The highest BCUT2D eigenvalue weighted by Crippen LogP contribution is 2.26. The molecule has 0 heterocycles. The van der Waals surface area contributed by atoms with Crippen molar-refractivity contribution in [3.05, 3.63) is 108 Å². The molecule has 0 spiro atoms. The highest BCUT2D eigenvalue weighted by atomic mass is 16.6. The third-order valence-corrected chi connectivity index (χ3v) is 5.20. The van der Waals surface area contributed by atoms with E-state index >= 15 is 0 Å². The van der Waals surface area contributed by atoms with Crippen molar-refractivity contribution in [2.75, 3.05) is 20.7 Å². The van der Waals surface area contributed by atoms with Crippen LogP contribution < -0.4 is 9.47 Å². The molecule has 0 aliphatic carbocycles. The van der Waals surface area contributed by atoms with Gasteiger partial charge in [-0.05, 0) is 41.8 Å². The van der Waals surface area contributed by atoms with Gasteiger partial charge in [0.2, 0.25) is 11.7 Å². The first kappa shape index (κ1) is 24.6. The summed E-state index contributed by atoms with van der Waals surface area (Å²) < 4.78 is 16.2. The molecule has 0 aliphatic heterocycles. The van der Waals surface area contributed by atoms with Crippen LogP contribution in [-0.2, 0) is 33.8 Å². The number of benzene rings is 3. The Hall–Kier alpha value is -4.06. The third-order valence-electron chi connectivity index (χ3n) is 5.20. The lowest BCUT2D eigenvalue weighted by molar-refractivity contribution is -0.138. The van der Waals surface area contributed by atoms with Gasteiger partial charge >= 0.3 is 5.97 Å². The van der Waals surface area contributed by atoms with E-state index < -0.39 is 5.97 Å². The minimum Gasteiger partial charge on any atom is -0.489 e.